The van der Waals surface area contributed by atoms with Gasteiger partial charge in [-0.25, -0.2) is 0 Å². The summed E-state index contributed by atoms with van der Waals surface area (Å²) in [4.78, 5) is 12.4. The number of hydrogen-bond donors (Lipinski definition) is 1. The van der Waals surface area contributed by atoms with Crippen LogP contribution in [0.25, 0.3) is 6.08 Å². The van der Waals surface area contributed by atoms with Gasteiger partial charge in [0.15, 0.2) is 11.5 Å². The van der Waals surface area contributed by atoms with Crippen LogP contribution in [-0.4, -0.2) is 20.1 Å². The molecule has 25 heavy (non-hydrogen) atoms. The molecule has 2 aromatic rings. The van der Waals surface area contributed by atoms with E-state index in [2.05, 4.69) is 5.32 Å². The van der Waals surface area contributed by atoms with Crippen LogP contribution in [0.15, 0.2) is 42.0 Å². The summed E-state index contributed by atoms with van der Waals surface area (Å²) in [6.07, 6.45) is 1.48. The highest BCUT2D eigenvalue weighted by Crippen LogP contribution is 2.28. The van der Waals surface area contributed by atoms with Crippen LogP contribution in [-0.2, 0) is 4.79 Å². The Morgan fingerprint density at radius 2 is 1.92 bits per heavy atom. The standard InChI is InChI=1S/C19H17ClN2O3/c1-12-15(20)5-4-6-16(12)22-19(23)14(11-21)9-13-7-8-17(24-2)18(10-13)25-3/h4-10H,1-3H3,(H,22,23)/b14-9+. The predicted molar refractivity (Wildman–Crippen MR) is 98.0 cm³/mol. The topological polar surface area (TPSA) is 71.3 Å². The summed E-state index contributed by atoms with van der Waals surface area (Å²) in [7, 11) is 3.06. The molecule has 2 rings (SSSR count). The average Bonchev–Trinajstić information content (AvgIpc) is 2.63. The molecule has 0 radical (unpaired) electrons. The number of methoxy groups -OCH3 is 2. The zero-order chi connectivity index (χ0) is 18.4. The average molecular weight is 357 g/mol. The van der Waals surface area contributed by atoms with E-state index in [1.807, 2.05) is 6.07 Å². The molecule has 0 aliphatic carbocycles. The van der Waals surface area contributed by atoms with Gasteiger partial charge in [-0.2, -0.15) is 5.26 Å². The van der Waals surface area contributed by atoms with E-state index in [1.54, 1.807) is 43.3 Å². The van der Waals surface area contributed by atoms with Crippen molar-refractivity contribution in [2.75, 3.05) is 19.5 Å². The summed E-state index contributed by atoms with van der Waals surface area (Å²) in [5.41, 5.74) is 1.91. The van der Waals surface area contributed by atoms with Gasteiger partial charge in [0.25, 0.3) is 5.91 Å². The highest BCUT2D eigenvalue weighted by atomic mass is 35.5. The van der Waals surface area contributed by atoms with Gasteiger partial charge in [-0.1, -0.05) is 23.7 Å². The van der Waals surface area contributed by atoms with Crippen LogP contribution in [0.5, 0.6) is 11.5 Å². The number of anilines is 1. The number of nitrogens with zero attached hydrogens (tertiary/aromatic N) is 1. The minimum absolute atomic E-state index is 0.0356. The van der Waals surface area contributed by atoms with Crippen molar-refractivity contribution in [1.29, 1.82) is 5.26 Å². The molecule has 0 heterocycles. The van der Waals surface area contributed by atoms with E-state index in [1.165, 1.54) is 20.3 Å². The highest BCUT2D eigenvalue weighted by molar-refractivity contribution is 6.31. The quantitative estimate of drug-likeness (QED) is 0.643. The van der Waals surface area contributed by atoms with Gasteiger partial charge in [0, 0.05) is 10.7 Å². The number of carbonyl (C=O) groups is 1. The first-order valence-corrected chi connectivity index (χ1v) is 7.78. The third-order valence-electron chi connectivity index (χ3n) is 3.60. The van der Waals surface area contributed by atoms with Gasteiger partial charge < -0.3 is 14.8 Å². The number of nitrogens with one attached hydrogen (secondary N) is 1. The SMILES string of the molecule is COc1ccc(/C=C(\C#N)C(=O)Nc2cccc(Cl)c2C)cc1OC. The molecule has 5 nitrogen and oxygen atoms in total. The summed E-state index contributed by atoms with van der Waals surface area (Å²) in [6.45, 7) is 1.79. The summed E-state index contributed by atoms with van der Waals surface area (Å²) >= 11 is 6.05. The first-order chi connectivity index (χ1) is 12.0. The number of hydrogen-bond acceptors (Lipinski definition) is 4. The van der Waals surface area contributed by atoms with Crippen molar-refractivity contribution in [3.05, 3.63) is 58.1 Å². The van der Waals surface area contributed by atoms with Crippen LogP contribution in [0.4, 0.5) is 5.69 Å². The second kappa shape index (κ2) is 8.22. The van der Waals surface area contributed by atoms with Gasteiger partial charge in [-0.05, 0) is 48.4 Å². The minimum Gasteiger partial charge on any atom is -0.493 e. The fraction of sp³-hybridized carbons (Fsp3) is 0.158. The second-order valence-corrected chi connectivity index (χ2v) is 5.56. The molecule has 0 aromatic heterocycles. The lowest BCUT2D eigenvalue weighted by Gasteiger charge is -2.10. The lowest BCUT2D eigenvalue weighted by Crippen LogP contribution is -2.14. The molecule has 0 bridgehead atoms. The molecular weight excluding hydrogens is 340 g/mol. The highest BCUT2D eigenvalue weighted by Gasteiger charge is 2.12. The lowest BCUT2D eigenvalue weighted by molar-refractivity contribution is -0.112. The Hall–Kier alpha value is -2.97. The maximum Gasteiger partial charge on any atom is 0.266 e. The Balaban J connectivity index is 2.29. The molecule has 0 aliphatic heterocycles. The molecule has 0 atom stereocenters. The van der Waals surface area contributed by atoms with Crippen LogP contribution in [0.1, 0.15) is 11.1 Å². The summed E-state index contributed by atoms with van der Waals surface area (Å²) in [5, 5.41) is 12.6. The zero-order valence-electron chi connectivity index (χ0n) is 14.1. The van der Waals surface area contributed by atoms with E-state index in [0.29, 0.717) is 27.8 Å². The fourth-order valence-corrected chi connectivity index (χ4v) is 2.36. The van der Waals surface area contributed by atoms with E-state index < -0.39 is 5.91 Å². The van der Waals surface area contributed by atoms with E-state index in [-0.39, 0.29) is 5.57 Å². The van der Waals surface area contributed by atoms with Crippen LogP contribution in [0.2, 0.25) is 5.02 Å². The molecule has 0 aliphatic rings. The Morgan fingerprint density at radius 1 is 1.20 bits per heavy atom. The lowest BCUT2D eigenvalue weighted by atomic mass is 10.1. The van der Waals surface area contributed by atoms with Gasteiger partial charge in [0.2, 0.25) is 0 Å². The molecule has 0 saturated heterocycles. The van der Waals surface area contributed by atoms with E-state index in [4.69, 9.17) is 21.1 Å². The molecule has 6 heteroatoms. The van der Waals surface area contributed by atoms with E-state index >= 15 is 0 Å². The molecule has 0 saturated carbocycles. The number of ether oxygens (including phenoxy) is 2. The van der Waals surface area contributed by atoms with Gasteiger partial charge in [-0.15, -0.1) is 0 Å². The number of nitriles is 1. The minimum atomic E-state index is -0.511. The van der Waals surface area contributed by atoms with Gasteiger partial charge in [0.1, 0.15) is 11.6 Å². The fourth-order valence-electron chi connectivity index (χ4n) is 2.19. The Bertz CT molecular complexity index is 869. The van der Waals surface area contributed by atoms with Crippen LogP contribution in [0.3, 0.4) is 0 Å². The maximum absolute atomic E-state index is 12.4. The van der Waals surface area contributed by atoms with Gasteiger partial charge in [-0.3, -0.25) is 4.79 Å². The molecule has 0 spiro atoms. The van der Waals surface area contributed by atoms with Crippen LogP contribution >= 0.6 is 11.6 Å². The Morgan fingerprint density at radius 3 is 2.56 bits per heavy atom. The van der Waals surface area contributed by atoms with Crippen molar-refractivity contribution >= 4 is 29.3 Å². The molecule has 0 unspecified atom stereocenters. The van der Waals surface area contributed by atoms with Gasteiger partial charge in [0.05, 0.1) is 14.2 Å². The van der Waals surface area contributed by atoms with E-state index in [9.17, 15) is 10.1 Å². The number of carbonyl (C=O) groups excluding carboxylic acids is 1. The molecule has 128 valence electrons. The number of rotatable bonds is 5. The monoisotopic (exact) mass is 356 g/mol. The Kier molecular flexibility index (Phi) is 6.04. The molecule has 0 fully saturated rings. The van der Waals surface area contributed by atoms with Crippen LogP contribution < -0.4 is 14.8 Å². The summed E-state index contributed by atoms with van der Waals surface area (Å²) in [6, 6.07) is 12.2. The summed E-state index contributed by atoms with van der Waals surface area (Å²) < 4.78 is 10.4. The Labute approximate surface area is 151 Å². The normalized spacial score (nSPS) is 10.8. The largest absolute Gasteiger partial charge is 0.493 e. The molecule has 1 amide bonds. The van der Waals surface area contributed by atoms with Gasteiger partial charge >= 0.3 is 0 Å². The van der Waals surface area contributed by atoms with Crippen molar-refractivity contribution < 1.29 is 14.3 Å². The van der Waals surface area contributed by atoms with Crippen molar-refractivity contribution in [3.8, 4) is 17.6 Å². The number of amides is 1. The first-order valence-electron chi connectivity index (χ1n) is 7.40. The third-order valence-corrected chi connectivity index (χ3v) is 4.01. The zero-order valence-corrected chi connectivity index (χ0v) is 14.8. The smallest absolute Gasteiger partial charge is 0.266 e. The molecule has 2 aromatic carbocycles. The molecule has 1 N–H and O–H groups in total. The van der Waals surface area contributed by atoms with Crippen molar-refractivity contribution in [2.45, 2.75) is 6.92 Å². The van der Waals surface area contributed by atoms with E-state index in [0.717, 1.165) is 5.56 Å². The second-order valence-electron chi connectivity index (χ2n) is 5.15. The number of benzene rings is 2. The van der Waals surface area contributed by atoms with Crippen molar-refractivity contribution in [1.82, 2.24) is 0 Å². The predicted octanol–water partition coefficient (Wildman–Crippen LogP) is 4.21. The number of halogens is 1. The third kappa shape index (κ3) is 4.31. The maximum atomic E-state index is 12.4. The van der Waals surface area contributed by atoms with Crippen molar-refractivity contribution in [2.24, 2.45) is 0 Å². The summed E-state index contributed by atoms with van der Waals surface area (Å²) in [5.74, 6) is 0.569. The molecular formula is C19H17ClN2O3. The first kappa shape index (κ1) is 18.4. The van der Waals surface area contributed by atoms with Crippen LogP contribution in [0, 0.1) is 18.3 Å². The van der Waals surface area contributed by atoms with Crippen molar-refractivity contribution in [3.63, 3.8) is 0 Å².